The van der Waals surface area contributed by atoms with Crippen LogP contribution in [0.4, 0.5) is 0 Å². The summed E-state index contributed by atoms with van der Waals surface area (Å²) in [6.07, 6.45) is 2.10. The minimum atomic E-state index is 0.976. The predicted octanol–water partition coefficient (Wildman–Crippen LogP) is 1.93. The maximum atomic E-state index is 4.15. The Hall–Kier alpha value is -1.61. The largest absolute Gasteiger partial charge is 0.354 e. The molecule has 0 N–H and O–H groups in total. The van der Waals surface area contributed by atoms with Gasteiger partial charge in [-0.25, -0.2) is 4.99 Å². The Morgan fingerprint density at radius 1 is 1.18 bits per heavy atom. The minimum Gasteiger partial charge on any atom is -0.354 e. The van der Waals surface area contributed by atoms with E-state index in [1.54, 1.807) is 0 Å². The predicted molar refractivity (Wildman–Crippen MR) is 73.0 cm³/mol. The van der Waals surface area contributed by atoms with Gasteiger partial charge in [-0.2, -0.15) is 0 Å². The van der Waals surface area contributed by atoms with Crippen molar-refractivity contribution in [2.45, 2.75) is 0 Å². The lowest BCUT2D eigenvalue weighted by atomic mass is 10.2. The molecule has 0 radical (unpaired) electrons. The first kappa shape index (κ1) is 11.9. The molecule has 1 aromatic carbocycles. The summed E-state index contributed by atoms with van der Waals surface area (Å²) in [5.41, 5.74) is 1.17. The lowest BCUT2D eigenvalue weighted by Crippen LogP contribution is -2.43. The quantitative estimate of drug-likeness (QED) is 0.738. The maximum Gasteiger partial charge on any atom is 0.128 e. The van der Waals surface area contributed by atoms with Crippen molar-refractivity contribution in [1.82, 2.24) is 9.80 Å². The summed E-state index contributed by atoms with van der Waals surface area (Å²) in [7, 11) is 2.15. The molecule has 1 saturated heterocycles. The standard InChI is InChI=1S/C14H19N3/c1-15-14(12-13-6-4-3-5-7-13)17-10-8-16(2)9-11-17/h3-7,12H,1,8-11H2,2H3/b14-12+. The van der Waals surface area contributed by atoms with Crippen molar-refractivity contribution in [2.75, 3.05) is 33.2 Å². The third-order valence-electron chi connectivity index (χ3n) is 3.08. The molecule has 0 unspecified atom stereocenters. The Morgan fingerprint density at radius 2 is 1.82 bits per heavy atom. The zero-order valence-electron chi connectivity index (χ0n) is 10.3. The van der Waals surface area contributed by atoms with Crippen LogP contribution in [-0.4, -0.2) is 49.7 Å². The molecule has 3 nitrogen and oxygen atoms in total. The van der Waals surface area contributed by atoms with E-state index in [4.69, 9.17) is 0 Å². The van der Waals surface area contributed by atoms with E-state index in [0.717, 1.165) is 32.0 Å². The van der Waals surface area contributed by atoms with Gasteiger partial charge in [0.1, 0.15) is 5.82 Å². The van der Waals surface area contributed by atoms with Crippen molar-refractivity contribution >= 4 is 12.8 Å². The van der Waals surface area contributed by atoms with E-state index in [1.807, 2.05) is 18.2 Å². The van der Waals surface area contributed by atoms with E-state index < -0.39 is 0 Å². The Bertz CT molecular complexity index is 389. The second kappa shape index (κ2) is 5.64. The molecular weight excluding hydrogens is 210 g/mol. The monoisotopic (exact) mass is 229 g/mol. The van der Waals surface area contributed by atoms with Gasteiger partial charge in [0, 0.05) is 26.2 Å². The van der Waals surface area contributed by atoms with E-state index in [-0.39, 0.29) is 0 Å². The zero-order chi connectivity index (χ0) is 12.1. The highest BCUT2D eigenvalue weighted by Crippen LogP contribution is 2.13. The van der Waals surface area contributed by atoms with Crippen molar-refractivity contribution in [2.24, 2.45) is 4.99 Å². The maximum absolute atomic E-state index is 4.15. The summed E-state index contributed by atoms with van der Waals surface area (Å²) in [4.78, 5) is 8.78. The van der Waals surface area contributed by atoms with Gasteiger partial charge in [0.15, 0.2) is 0 Å². The Balaban J connectivity index is 2.11. The number of hydrogen-bond acceptors (Lipinski definition) is 3. The number of aliphatic imine (C=N–C) groups is 1. The summed E-state index contributed by atoms with van der Waals surface area (Å²) in [5, 5.41) is 0. The van der Waals surface area contributed by atoms with E-state index in [0.29, 0.717) is 0 Å². The number of nitrogens with zero attached hydrogens (tertiary/aromatic N) is 3. The van der Waals surface area contributed by atoms with Crippen LogP contribution in [0.3, 0.4) is 0 Å². The summed E-state index contributed by atoms with van der Waals surface area (Å²) in [6, 6.07) is 10.3. The van der Waals surface area contributed by atoms with Crippen molar-refractivity contribution in [3.8, 4) is 0 Å². The van der Waals surface area contributed by atoms with Gasteiger partial charge >= 0.3 is 0 Å². The molecule has 0 atom stereocenters. The summed E-state index contributed by atoms with van der Waals surface area (Å²) >= 11 is 0. The molecule has 0 aromatic heterocycles. The van der Waals surface area contributed by atoms with E-state index in [1.165, 1.54) is 5.56 Å². The Kier molecular flexibility index (Phi) is 3.94. The fraction of sp³-hybridized carbons (Fsp3) is 0.357. The first-order valence-corrected chi connectivity index (χ1v) is 5.96. The highest BCUT2D eigenvalue weighted by molar-refractivity contribution is 5.53. The Morgan fingerprint density at radius 3 is 2.41 bits per heavy atom. The minimum absolute atomic E-state index is 0.976. The van der Waals surface area contributed by atoms with Crippen LogP contribution in [0.25, 0.3) is 6.08 Å². The van der Waals surface area contributed by atoms with Crippen LogP contribution in [0.2, 0.25) is 0 Å². The molecular formula is C14H19N3. The summed E-state index contributed by atoms with van der Waals surface area (Å²) in [5.74, 6) is 0.976. The molecule has 1 aromatic rings. The van der Waals surface area contributed by atoms with Gasteiger partial charge in [-0.05, 0) is 25.4 Å². The fourth-order valence-electron chi connectivity index (χ4n) is 1.97. The first-order chi connectivity index (χ1) is 8.29. The third kappa shape index (κ3) is 3.17. The van der Waals surface area contributed by atoms with Gasteiger partial charge in [0.2, 0.25) is 0 Å². The summed E-state index contributed by atoms with van der Waals surface area (Å²) < 4.78 is 0. The van der Waals surface area contributed by atoms with E-state index in [9.17, 15) is 0 Å². The topological polar surface area (TPSA) is 18.8 Å². The highest BCUT2D eigenvalue weighted by atomic mass is 15.3. The SMILES string of the molecule is C=N/C(=C\c1ccccc1)N1CCN(C)CC1. The smallest absolute Gasteiger partial charge is 0.128 e. The molecule has 1 heterocycles. The van der Waals surface area contributed by atoms with Crippen LogP contribution in [-0.2, 0) is 0 Å². The first-order valence-electron chi connectivity index (χ1n) is 5.96. The number of benzene rings is 1. The molecule has 0 saturated carbocycles. The fourth-order valence-corrected chi connectivity index (χ4v) is 1.97. The summed E-state index contributed by atoms with van der Waals surface area (Å²) in [6.45, 7) is 7.89. The second-order valence-corrected chi connectivity index (χ2v) is 4.36. The van der Waals surface area contributed by atoms with Crippen LogP contribution in [0.15, 0.2) is 41.1 Å². The second-order valence-electron chi connectivity index (χ2n) is 4.36. The molecule has 3 heteroatoms. The number of hydrogen-bond donors (Lipinski definition) is 0. The average Bonchev–Trinajstić information content (AvgIpc) is 2.38. The van der Waals surface area contributed by atoms with Crippen molar-refractivity contribution in [3.63, 3.8) is 0 Å². The molecule has 0 spiro atoms. The van der Waals surface area contributed by atoms with Crippen molar-refractivity contribution in [3.05, 3.63) is 41.7 Å². The molecule has 0 aliphatic carbocycles. The molecule has 1 aliphatic heterocycles. The molecule has 1 aliphatic rings. The average molecular weight is 229 g/mol. The van der Waals surface area contributed by atoms with Crippen LogP contribution < -0.4 is 0 Å². The highest BCUT2D eigenvalue weighted by Gasteiger charge is 2.15. The van der Waals surface area contributed by atoms with Gasteiger partial charge in [-0.3, -0.25) is 0 Å². The van der Waals surface area contributed by atoms with Crippen LogP contribution in [0, 0.1) is 0 Å². The van der Waals surface area contributed by atoms with E-state index >= 15 is 0 Å². The molecule has 1 fully saturated rings. The number of piperazine rings is 1. The van der Waals surface area contributed by atoms with Gasteiger partial charge < -0.3 is 9.80 Å². The number of rotatable bonds is 3. The normalized spacial score (nSPS) is 18.2. The van der Waals surface area contributed by atoms with E-state index in [2.05, 4.69) is 46.8 Å². The molecule has 90 valence electrons. The van der Waals surface area contributed by atoms with Crippen LogP contribution in [0.1, 0.15) is 5.56 Å². The Labute approximate surface area is 103 Å². The van der Waals surface area contributed by atoms with Crippen LogP contribution >= 0.6 is 0 Å². The van der Waals surface area contributed by atoms with Gasteiger partial charge in [-0.1, -0.05) is 30.3 Å². The molecule has 0 amide bonds. The molecule has 17 heavy (non-hydrogen) atoms. The van der Waals surface area contributed by atoms with Crippen molar-refractivity contribution < 1.29 is 0 Å². The van der Waals surface area contributed by atoms with Gasteiger partial charge in [-0.15, -0.1) is 0 Å². The lowest BCUT2D eigenvalue weighted by molar-refractivity contribution is 0.186. The third-order valence-corrected chi connectivity index (χ3v) is 3.08. The lowest BCUT2D eigenvalue weighted by Gasteiger charge is -2.33. The van der Waals surface area contributed by atoms with Gasteiger partial charge in [0.05, 0.1) is 0 Å². The number of likely N-dealkylation sites (N-methyl/N-ethyl adjacent to an activating group) is 1. The molecule has 0 bridgehead atoms. The van der Waals surface area contributed by atoms with Crippen LogP contribution in [0.5, 0.6) is 0 Å². The van der Waals surface area contributed by atoms with Crippen molar-refractivity contribution in [1.29, 1.82) is 0 Å². The zero-order valence-corrected chi connectivity index (χ0v) is 10.3. The van der Waals surface area contributed by atoms with Gasteiger partial charge in [0.25, 0.3) is 0 Å². The molecule has 2 rings (SSSR count).